The molecular weight excluding hydrogens is 234 g/mol. The van der Waals surface area contributed by atoms with E-state index >= 15 is 0 Å². The molecule has 0 radical (unpaired) electrons. The van der Waals surface area contributed by atoms with Crippen LogP contribution in [0.3, 0.4) is 0 Å². The SMILES string of the molecule is CC(C)(C)OC(=O)N1CCC1C(C(=O)O)C1CC1. The van der Waals surface area contributed by atoms with Crippen molar-refractivity contribution in [2.24, 2.45) is 11.8 Å². The summed E-state index contributed by atoms with van der Waals surface area (Å²) in [4.78, 5) is 24.8. The van der Waals surface area contributed by atoms with Gasteiger partial charge in [0, 0.05) is 6.54 Å². The summed E-state index contributed by atoms with van der Waals surface area (Å²) < 4.78 is 5.30. The van der Waals surface area contributed by atoms with E-state index in [1.54, 1.807) is 4.90 Å². The normalized spacial score (nSPS) is 25.3. The van der Waals surface area contributed by atoms with Crippen molar-refractivity contribution >= 4 is 12.1 Å². The Bertz CT molecular complexity index is 356. The van der Waals surface area contributed by atoms with Gasteiger partial charge in [-0.25, -0.2) is 4.79 Å². The van der Waals surface area contributed by atoms with Crippen LogP contribution in [0.15, 0.2) is 0 Å². The van der Waals surface area contributed by atoms with Crippen LogP contribution in [0.1, 0.15) is 40.0 Å². The fourth-order valence-electron chi connectivity index (χ4n) is 2.46. The minimum absolute atomic E-state index is 0.176. The molecule has 0 bridgehead atoms. The molecule has 1 aliphatic heterocycles. The summed E-state index contributed by atoms with van der Waals surface area (Å²) in [5.74, 6) is -0.945. The lowest BCUT2D eigenvalue weighted by Crippen LogP contribution is -2.57. The van der Waals surface area contributed by atoms with Crippen molar-refractivity contribution in [1.82, 2.24) is 4.90 Å². The summed E-state index contributed by atoms with van der Waals surface area (Å²) >= 11 is 0. The zero-order valence-corrected chi connectivity index (χ0v) is 11.2. The van der Waals surface area contributed by atoms with Gasteiger partial charge in [-0.05, 0) is 46.0 Å². The molecule has 18 heavy (non-hydrogen) atoms. The first-order chi connectivity index (χ1) is 8.29. The molecule has 102 valence electrons. The van der Waals surface area contributed by atoms with Gasteiger partial charge in [-0.15, -0.1) is 0 Å². The number of nitrogens with zero attached hydrogens (tertiary/aromatic N) is 1. The minimum Gasteiger partial charge on any atom is -0.481 e. The zero-order chi connectivity index (χ0) is 13.5. The summed E-state index contributed by atoms with van der Waals surface area (Å²) in [7, 11) is 0. The third kappa shape index (κ3) is 2.76. The van der Waals surface area contributed by atoms with Crippen LogP contribution in [-0.2, 0) is 9.53 Å². The van der Waals surface area contributed by atoms with Gasteiger partial charge in [0.1, 0.15) is 5.60 Å². The molecule has 1 saturated carbocycles. The monoisotopic (exact) mass is 255 g/mol. The highest BCUT2D eigenvalue weighted by Crippen LogP contribution is 2.43. The number of amides is 1. The van der Waals surface area contributed by atoms with E-state index in [4.69, 9.17) is 4.74 Å². The largest absolute Gasteiger partial charge is 0.481 e. The van der Waals surface area contributed by atoms with Crippen molar-refractivity contribution < 1.29 is 19.4 Å². The van der Waals surface area contributed by atoms with Crippen LogP contribution in [0.25, 0.3) is 0 Å². The van der Waals surface area contributed by atoms with Crippen LogP contribution in [0.2, 0.25) is 0 Å². The Morgan fingerprint density at radius 2 is 1.89 bits per heavy atom. The number of ether oxygens (including phenoxy) is 1. The molecule has 5 heteroatoms. The molecule has 1 heterocycles. The van der Waals surface area contributed by atoms with Crippen molar-refractivity contribution in [1.29, 1.82) is 0 Å². The minimum atomic E-state index is -0.782. The summed E-state index contributed by atoms with van der Waals surface area (Å²) in [5.41, 5.74) is -0.532. The summed E-state index contributed by atoms with van der Waals surface area (Å²) in [6.07, 6.45) is 2.32. The first-order valence-corrected chi connectivity index (χ1v) is 6.52. The van der Waals surface area contributed by atoms with Crippen molar-refractivity contribution in [3.05, 3.63) is 0 Å². The molecule has 2 atom stereocenters. The van der Waals surface area contributed by atoms with Crippen LogP contribution in [0.4, 0.5) is 4.79 Å². The quantitative estimate of drug-likeness (QED) is 0.838. The molecule has 1 N–H and O–H groups in total. The summed E-state index contributed by atoms with van der Waals surface area (Å²) in [6.45, 7) is 6.05. The van der Waals surface area contributed by atoms with Crippen LogP contribution in [0.5, 0.6) is 0 Å². The van der Waals surface area contributed by atoms with Gasteiger partial charge in [0.25, 0.3) is 0 Å². The van der Waals surface area contributed by atoms with Gasteiger partial charge in [0.2, 0.25) is 0 Å². The van der Waals surface area contributed by atoms with Gasteiger partial charge in [0.05, 0.1) is 12.0 Å². The van der Waals surface area contributed by atoms with E-state index in [1.165, 1.54) is 0 Å². The topological polar surface area (TPSA) is 66.8 Å². The van der Waals surface area contributed by atoms with Crippen LogP contribution >= 0.6 is 0 Å². The van der Waals surface area contributed by atoms with Gasteiger partial charge in [-0.2, -0.15) is 0 Å². The second-order valence-electron chi connectivity index (χ2n) is 6.23. The molecule has 2 unspecified atom stereocenters. The van der Waals surface area contributed by atoms with Gasteiger partial charge in [-0.3, -0.25) is 4.79 Å². The van der Waals surface area contributed by atoms with Gasteiger partial charge in [-0.1, -0.05) is 0 Å². The highest BCUT2D eigenvalue weighted by Gasteiger charge is 2.49. The maximum atomic E-state index is 11.9. The molecule has 2 rings (SSSR count). The lowest BCUT2D eigenvalue weighted by atomic mass is 9.86. The maximum Gasteiger partial charge on any atom is 0.410 e. The first kappa shape index (κ1) is 13.2. The Hall–Kier alpha value is -1.26. The molecule has 0 aromatic rings. The molecule has 0 aromatic carbocycles. The number of hydrogen-bond donors (Lipinski definition) is 1. The van der Waals surface area contributed by atoms with Crippen LogP contribution in [0, 0.1) is 11.8 Å². The molecule has 0 aromatic heterocycles. The van der Waals surface area contributed by atoms with Crippen molar-refractivity contribution in [2.75, 3.05) is 6.54 Å². The Kier molecular flexibility index (Phi) is 3.25. The fraction of sp³-hybridized carbons (Fsp3) is 0.846. The van der Waals surface area contributed by atoms with E-state index in [1.807, 2.05) is 20.8 Å². The van der Waals surface area contributed by atoms with Gasteiger partial charge < -0.3 is 14.7 Å². The highest BCUT2D eigenvalue weighted by atomic mass is 16.6. The first-order valence-electron chi connectivity index (χ1n) is 6.52. The Balaban J connectivity index is 1.98. The van der Waals surface area contributed by atoms with E-state index in [0.29, 0.717) is 6.54 Å². The van der Waals surface area contributed by atoms with E-state index in [2.05, 4.69) is 0 Å². The number of aliphatic carboxylic acids is 1. The lowest BCUT2D eigenvalue weighted by molar-refractivity contribution is -0.147. The predicted molar refractivity (Wildman–Crippen MR) is 65.2 cm³/mol. The Morgan fingerprint density at radius 3 is 2.22 bits per heavy atom. The van der Waals surface area contributed by atoms with Crippen molar-refractivity contribution in [3.8, 4) is 0 Å². The smallest absolute Gasteiger partial charge is 0.410 e. The summed E-state index contributed by atoms with van der Waals surface area (Å²) in [5, 5.41) is 9.27. The fourth-order valence-corrected chi connectivity index (χ4v) is 2.46. The Labute approximate surface area is 107 Å². The molecule has 1 saturated heterocycles. The molecule has 2 fully saturated rings. The van der Waals surface area contributed by atoms with Crippen LogP contribution in [-0.4, -0.2) is 40.3 Å². The Morgan fingerprint density at radius 1 is 1.28 bits per heavy atom. The number of carboxylic acid groups (broad SMARTS) is 1. The van der Waals surface area contributed by atoms with Crippen molar-refractivity contribution in [3.63, 3.8) is 0 Å². The standard InChI is InChI=1S/C13H21NO4/c1-13(2,3)18-12(17)14-7-6-9(14)10(11(15)16)8-4-5-8/h8-10H,4-7H2,1-3H3,(H,15,16). The highest BCUT2D eigenvalue weighted by molar-refractivity contribution is 5.75. The maximum absolute atomic E-state index is 11.9. The average Bonchev–Trinajstić information content (AvgIpc) is 2.90. The number of likely N-dealkylation sites (tertiary alicyclic amines) is 1. The van der Waals surface area contributed by atoms with Gasteiger partial charge >= 0.3 is 12.1 Å². The second-order valence-corrected chi connectivity index (χ2v) is 6.23. The molecular formula is C13H21NO4. The third-order valence-electron chi connectivity index (χ3n) is 3.52. The van der Waals surface area contributed by atoms with E-state index < -0.39 is 17.5 Å². The molecule has 1 amide bonds. The summed E-state index contributed by atoms with van der Waals surface area (Å²) in [6, 6.07) is -0.176. The number of carbonyl (C=O) groups is 2. The van der Waals surface area contributed by atoms with Gasteiger partial charge in [0.15, 0.2) is 0 Å². The number of carboxylic acids is 1. The number of hydrogen-bond acceptors (Lipinski definition) is 3. The second kappa shape index (κ2) is 4.44. The number of rotatable bonds is 3. The predicted octanol–water partition coefficient (Wildman–Crippen LogP) is 2.11. The van der Waals surface area contributed by atoms with E-state index in [0.717, 1.165) is 19.3 Å². The molecule has 0 spiro atoms. The molecule has 1 aliphatic carbocycles. The van der Waals surface area contributed by atoms with E-state index in [-0.39, 0.29) is 18.1 Å². The third-order valence-corrected chi connectivity index (χ3v) is 3.52. The molecule has 5 nitrogen and oxygen atoms in total. The number of carbonyl (C=O) groups excluding carboxylic acids is 1. The average molecular weight is 255 g/mol. The van der Waals surface area contributed by atoms with Crippen molar-refractivity contribution in [2.45, 2.75) is 51.7 Å². The van der Waals surface area contributed by atoms with E-state index in [9.17, 15) is 14.7 Å². The molecule has 2 aliphatic rings. The lowest BCUT2D eigenvalue weighted by Gasteiger charge is -2.44. The van der Waals surface area contributed by atoms with Crippen LogP contribution < -0.4 is 0 Å². The zero-order valence-electron chi connectivity index (χ0n) is 11.2.